The van der Waals surface area contributed by atoms with Gasteiger partial charge in [-0.15, -0.1) is 0 Å². The molecule has 0 saturated heterocycles. The summed E-state index contributed by atoms with van der Waals surface area (Å²) in [6.07, 6.45) is 3.27. The highest BCUT2D eigenvalue weighted by atomic mass is 19.1. The molecular formula is C11H13FN2O2. The van der Waals surface area contributed by atoms with Crippen LogP contribution in [0.3, 0.4) is 0 Å². The maximum Gasteiger partial charge on any atom is 0.255 e. The normalized spacial score (nSPS) is 9.56. The Bertz CT molecular complexity index is 369. The smallest absolute Gasteiger partial charge is 0.255 e. The van der Waals surface area contributed by atoms with Crippen LogP contribution in [0.1, 0.15) is 16.8 Å². The van der Waals surface area contributed by atoms with E-state index < -0.39 is 11.9 Å². The maximum absolute atomic E-state index is 13.1. The summed E-state index contributed by atoms with van der Waals surface area (Å²) in [6.45, 7) is 4.27. The van der Waals surface area contributed by atoms with Gasteiger partial charge in [0.2, 0.25) is 5.95 Å². The van der Waals surface area contributed by atoms with Crippen molar-refractivity contribution in [3.63, 3.8) is 0 Å². The molecule has 1 heterocycles. The van der Waals surface area contributed by atoms with Gasteiger partial charge in [-0.2, -0.15) is 4.39 Å². The first-order chi connectivity index (χ1) is 7.75. The van der Waals surface area contributed by atoms with Crippen molar-refractivity contribution >= 4 is 5.91 Å². The molecule has 0 aliphatic heterocycles. The summed E-state index contributed by atoms with van der Waals surface area (Å²) < 4.78 is 17.9. The first-order valence-electron chi connectivity index (χ1n) is 4.87. The quantitative estimate of drug-likeness (QED) is 0.452. The third kappa shape index (κ3) is 3.68. The summed E-state index contributed by atoms with van der Waals surface area (Å²) >= 11 is 0. The van der Waals surface area contributed by atoms with Crippen LogP contribution in [-0.2, 0) is 4.74 Å². The van der Waals surface area contributed by atoms with Gasteiger partial charge in [0.1, 0.15) is 0 Å². The van der Waals surface area contributed by atoms with Crippen LogP contribution < -0.4 is 5.32 Å². The summed E-state index contributed by atoms with van der Waals surface area (Å²) in [4.78, 5) is 14.8. The van der Waals surface area contributed by atoms with Gasteiger partial charge in [-0.05, 0) is 18.6 Å². The minimum atomic E-state index is -0.762. The van der Waals surface area contributed by atoms with E-state index in [2.05, 4.69) is 16.9 Å². The lowest BCUT2D eigenvalue weighted by Gasteiger charge is -2.05. The average molecular weight is 224 g/mol. The molecule has 0 aliphatic rings. The van der Waals surface area contributed by atoms with Crippen LogP contribution in [0.15, 0.2) is 31.2 Å². The molecule has 1 aromatic heterocycles. The number of rotatable bonds is 6. The Balaban J connectivity index is 2.36. The Morgan fingerprint density at radius 2 is 2.50 bits per heavy atom. The van der Waals surface area contributed by atoms with Gasteiger partial charge in [0.25, 0.3) is 5.91 Å². The highest BCUT2D eigenvalue weighted by Crippen LogP contribution is 2.02. The van der Waals surface area contributed by atoms with Crippen molar-refractivity contribution < 1.29 is 13.9 Å². The Morgan fingerprint density at radius 1 is 1.69 bits per heavy atom. The van der Waals surface area contributed by atoms with Crippen molar-refractivity contribution in [2.75, 3.05) is 13.2 Å². The molecule has 5 heteroatoms. The standard InChI is InChI=1S/C11H13FN2O2/c1-2-16-8-4-7-14-11(15)9-5-3-6-13-10(9)12/h2-3,5-6H,1,4,7-8H2,(H,14,15). The van der Waals surface area contributed by atoms with E-state index in [1.807, 2.05) is 0 Å². The van der Waals surface area contributed by atoms with Crippen LogP contribution in [0.2, 0.25) is 0 Å². The van der Waals surface area contributed by atoms with Crippen LogP contribution in [-0.4, -0.2) is 24.0 Å². The molecule has 1 amide bonds. The molecular weight excluding hydrogens is 211 g/mol. The summed E-state index contributed by atoms with van der Waals surface area (Å²) in [7, 11) is 0. The van der Waals surface area contributed by atoms with Crippen molar-refractivity contribution in [3.8, 4) is 0 Å². The number of aromatic nitrogens is 1. The fraction of sp³-hybridized carbons (Fsp3) is 0.273. The number of amides is 1. The van der Waals surface area contributed by atoms with E-state index >= 15 is 0 Å². The fourth-order valence-corrected chi connectivity index (χ4v) is 1.09. The molecule has 0 bridgehead atoms. The lowest BCUT2D eigenvalue weighted by Crippen LogP contribution is -2.26. The minimum Gasteiger partial charge on any atom is -0.502 e. The Labute approximate surface area is 93.1 Å². The lowest BCUT2D eigenvalue weighted by molar-refractivity contribution is 0.0945. The molecule has 1 aromatic rings. The Morgan fingerprint density at radius 3 is 3.19 bits per heavy atom. The maximum atomic E-state index is 13.1. The number of nitrogens with zero attached hydrogens (tertiary/aromatic N) is 1. The number of nitrogens with one attached hydrogen (secondary N) is 1. The number of carbonyl (C=O) groups is 1. The van der Waals surface area contributed by atoms with Gasteiger partial charge >= 0.3 is 0 Å². The van der Waals surface area contributed by atoms with E-state index in [1.165, 1.54) is 24.6 Å². The molecule has 0 aromatic carbocycles. The van der Waals surface area contributed by atoms with Crippen molar-refractivity contribution in [3.05, 3.63) is 42.7 Å². The van der Waals surface area contributed by atoms with E-state index in [4.69, 9.17) is 4.74 Å². The van der Waals surface area contributed by atoms with E-state index in [1.54, 1.807) is 0 Å². The third-order valence-corrected chi connectivity index (χ3v) is 1.85. The molecule has 0 unspecified atom stereocenters. The second kappa shape index (κ2) is 6.55. The zero-order valence-electron chi connectivity index (χ0n) is 8.78. The summed E-state index contributed by atoms with van der Waals surface area (Å²) in [5, 5.41) is 2.57. The molecule has 86 valence electrons. The molecule has 0 radical (unpaired) electrons. The first-order valence-corrected chi connectivity index (χ1v) is 4.87. The summed E-state index contributed by atoms with van der Waals surface area (Å²) in [5.41, 5.74) is -0.0489. The average Bonchev–Trinajstić information content (AvgIpc) is 2.29. The summed E-state index contributed by atoms with van der Waals surface area (Å²) in [6, 6.07) is 2.90. The van der Waals surface area contributed by atoms with Crippen molar-refractivity contribution in [2.45, 2.75) is 6.42 Å². The monoisotopic (exact) mass is 224 g/mol. The second-order valence-electron chi connectivity index (χ2n) is 2.99. The third-order valence-electron chi connectivity index (χ3n) is 1.85. The van der Waals surface area contributed by atoms with Crippen LogP contribution >= 0.6 is 0 Å². The molecule has 0 fully saturated rings. The zero-order chi connectivity index (χ0) is 11.8. The SMILES string of the molecule is C=COCCCNC(=O)c1cccnc1F. The molecule has 1 rings (SSSR count). The number of hydrogen-bond acceptors (Lipinski definition) is 3. The van der Waals surface area contributed by atoms with Gasteiger partial charge in [0.15, 0.2) is 0 Å². The predicted octanol–water partition coefficient (Wildman–Crippen LogP) is 1.50. The van der Waals surface area contributed by atoms with Gasteiger partial charge < -0.3 is 10.1 Å². The number of pyridine rings is 1. The Hall–Kier alpha value is -1.91. The Kier molecular flexibility index (Phi) is 4.98. The fourth-order valence-electron chi connectivity index (χ4n) is 1.09. The zero-order valence-corrected chi connectivity index (χ0v) is 8.78. The number of carbonyl (C=O) groups excluding carboxylic acids is 1. The van der Waals surface area contributed by atoms with E-state index in [-0.39, 0.29) is 5.56 Å². The highest BCUT2D eigenvalue weighted by Gasteiger charge is 2.10. The lowest BCUT2D eigenvalue weighted by atomic mass is 10.2. The summed E-state index contributed by atoms with van der Waals surface area (Å²) in [5.74, 6) is -1.23. The van der Waals surface area contributed by atoms with Gasteiger partial charge in [-0.25, -0.2) is 4.98 Å². The molecule has 0 aliphatic carbocycles. The largest absolute Gasteiger partial charge is 0.502 e. The molecule has 0 saturated carbocycles. The van der Waals surface area contributed by atoms with Crippen LogP contribution in [0.4, 0.5) is 4.39 Å². The van der Waals surface area contributed by atoms with E-state index in [0.717, 1.165) is 0 Å². The van der Waals surface area contributed by atoms with Crippen LogP contribution in [0, 0.1) is 5.95 Å². The molecule has 16 heavy (non-hydrogen) atoms. The van der Waals surface area contributed by atoms with Gasteiger partial charge in [-0.3, -0.25) is 4.79 Å². The second-order valence-corrected chi connectivity index (χ2v) is 2.99. The van der Waals surface area contributed by atoms with Gasteiger partial charge in [0, 0.05) is 12.7 Å². The highest BCUT2D eigenvalue weighted by molar-refractivity contribution is 5.94. The number of hydrogen-bond donors (Lipinski definition) is 1. The first kappa shape index (κ1) is 12.2. The van der Waals surface area contributed by atoms with Crippen LogP contribution in [0.25, 0.3) is 0 Å². The predicted molar refractivity (Wildman–Crippen MR) is 57.3 cm³/mol. The van der Waals surface area contributed by atoms with Gasteiger partial charge in [0.05, 0.1) is 18.4 Å². The van der Waals surface area contributed by atoms with Crippen LogP contribution in [0.5, 0.6) is 0 Å². The van der Waals surface area contributed by atoms with Crippen molar-refractivity contribution in [1.29, 1.82) is 0 Å². The molecule has 1 N–H and O–H groups in total. The van der Waals surface area contributed by atoms with E-state index in [9.17, 15) is 9.18 Å². The van der Waals surface area contributed by atoms with Crippen molar-refractivity contribution in [1.82, 2.24) is 10.3 Å². The minimum absolute atomic E-state index is 0.0489. The molecule has 0 atom stereocenters. The number of halogens is 1. The van der Waals surface area contributed by atoms with Gasteiger partial charge in [-0.1, -0.05) is 6.58 Å². The van der Waals surface area contributed by atoms with E-state index in [0.29, 0.717) is 19.6 Å². The van der Waals surface area contributed by atoms with Crippen molar-refractivity contribution in [2.24, 2.45) is 0 Å². The topological polar surface area (TPSA) is 51.2 Å². The molecule has 4 nitrogen and oxygen atoms in total. The molecule has 0 spiro atoms. The number of ether oxygens (including phenoxy) is 1.